The first-order chi connectivity index (χ1) is 11.2. The maximum absolute atomic E-state index is 12.4. The molecule has 1 heterocycles. The second-order valence-corrected chi connectivity index (χ2v) is 6.44. The first-order valence-electron chi connectivity index (χ1n) is 7.05. The molecule has 1 fully saturated rings. The molecule has 0 N–H and O–H groups in total. The van der Waals surface area contributed by atoms with E-state index in [1.54, 1.807) is 28.8 Å². The number of hydrogen-bond acceptors (Lipinski definition) is 3. The standard InChI is InChI=1S/C18H14ClNO2S/c1-2-11-22-16-6-4-3-5-15(16)18-20(17(21)12-23-18)14-9-7-13(19)8-10-14/h1,3-10,18H,11-12H2/t18-/m0/s1. The Morgan fingerprint density at radius 3 is 2.74 bits per heavy atom. The molecular weight excluding hydrogens is 330 g/mol. The quantitative estimate of drug-likeness (QED) is 0.782. The molecule has 1 atom stereocenters. The number of thioether (sulfide) groups is 1. The van der Waals surface area contributed by atoms with E-state index in [0.717, 1.165) is 11.3 Å². The second kappa shape index (κ2) is 6.99. The van der Waals surface area contributed by atoms with Gasteiger partial charge in [0.25, 0.3) is 0 Å². The molecule has 116 valence electrons. The molecule has 3 nitrogen and oxygen atoms in total. The summed E-state index contributed by atoms with van der Waals surface area (Å²) < 4.78 is 5.63. The number of carbonyl (C=O) groups excluding carboxylic acids is 1. The number of nitrogens with zero attached hydrogens (tertiary/aromatic N) is 1. The Balaban J connectivity index is 1.97. The van der Waals surface area contributed by atoms with Crippen molar-refractivity contribution in [1.82, 2.24) is 0 Å². The molecule has 0 unspecified atom stereocenters. The van der Waals surface area contributed by atoms with Crippen LogP contribution in [0.3, 0.4) is 0 Å². The molecule has 1 amide bonds. The van der Waals surface area contributed by atoms with E-state index in [-0.39, 0.29) is 17.9 Å². The number of carbonyl (C=O) groups is 1. The van der Waals surface area contributed by atoms with Gasteiger partial charge in [-0.15, -0.1) is 18.2 Å². The zero-order valence-corrected chi connectivity index (χ0v) is 13.8. The van der Waals surface area contributed by atoms with E-state index in [4.69, 9.17) is 22.8 Å². The minimum atomic E-state index is -0.141. The Labute approximate surface area is 144 Å². The first-order valence-corrected chi connectivity index (χ1v) is 8.48. The van der Waals surface area contributed by atoms with E-state index in [1.807, 2.05) is 36.4 Å². The Morgan fingerprint density at radius 2 is 2.00 bits per heavy atom. The van der Waals surface area contributed by atoms with Crippen molar-refractivity contribution < 1.29 is 9.53 Å². The fraction of sp³-hybridized carbons (Fsp3) is 0.167. The summed E-state index contributed by atoms with van der Waals surface area (Å²) in [6, 6.07) is 14.9. The fourth-order valence-electron chi connectivity index (χ4n) is 2.47. The molecule has 1 saturated heterocycles. The number of halogens is 1. The summed E-state index contributed by atoms with van der Waals surface area (Å²) >= 11 is 7.51. The van der Waals surface area contributed by atoms with Gasteiger partial charge in [-0.3, -0.25) is 9.69 Å². The Bertz CT molecular complexity index is 754. The highest BCUT2D eigenvalue weighted by Gasteiger charge is 2.35. The third-order valence-corrected chi connectivity index (χ3v) is 4.91. The molecule has 0 radical (unpaired) electrons. The van der Waals surface area contributed by atoms with E-state index in [1.165, 1.54) is 0 Å². The van der Waals surface area contributed by atoms with Crippen LogP contribution in [-0.2, 0) is 4.79 Å². The Kier molecular flexibility index (Phi) is 4.80. The zero-order valence-electron chi connectivity index (χ0n) is 12.2. The Hall–Kier alpha value is -2.09. The third-order valence-electron chi connectivity index (χ3n) is 3.47. The minimum absolute atomic E-state index is 0.0640. The molecule has 1 aliphatic rings. The number of rotatable bonds is 4. The van der Waals surface area contributed by atoms with Crippen LogP contribution in [0, 0.1) is 12.3 Å². The normalized spacial score (nSPS) is 17.1. The van der Waals surface area contributed by atoms with Gasteiger partial charge in [0.2, 0.25) is 5.91 Å². The summed E-state index contributed by atoms with van der Waals surface area (Å²) in [6.07, 6.45) is 5.28. The minimum Gasteiger partial charge on any atom is -0.481 e. The lowest BCUT2D eigenvalue weighted by Crippen LogP contribution is -2.28. The molecule has 0 saturated carbocycles. The lowest BCUT2D eigenvalue weighted by Gasteiger charge is -2.25. The molecule has 3 rings (SSSR count). The van der Waals surface area contributed by atoms with Crippen LogP contribution in [0.5, 0.6) is 5.75 Å². The van der Waals surface area contributed by atoms with E-state index in [0.29, 0.717) is 16.5 Å². The average Bonchev–Trinajstić information content (AvgIpc) is 2.95. The van der Waals surface area contributed by atoms with E-state index in [9.17, 15) is 4.79 Å². The lowest BCUT2D eigenvalue weighted by molar-refractivity contribution is -0.115. The van der Waals surface area contributed by atoms with Crippen molar-refractivity contribution in [2.75, 3.05) is 17.3 Å². The number of benzene rings is 2. The van der Waals surface area contributed by atoms with Gasteiger partial charge in [-0.1, -0.05) is 35.7 Å². The maximum Gasteiger partial charge on any atom is 0.238 e. The van der Waals surface area contributed by atoms with Gasteiger partial charge in [-0.05, 0) is 30.3 Å². The highest BCUT2D eigenvalue weighted by Crippen LogP contribution is 2.44. The van der Waals surface area contributed by atoms with Gasteiger partial charge in [-0.25, -0.2) is 0 Å². The molecule has 0 aromatic heterocycles. The summed E-state index contributed by atoms with van der Waals surface area (Å²) in [7, 11) is 0. The number of hydrogen-bond donors (Lipinski definition) is 0. The highest BCUT2D eigenvalue weighted by atomic mass is 35.5. The highest BCUT2D eigenvalue weighted by molar-refractivity contribution is 8.00. The maximum atomic E-state index is 12.4. The smallest absolute Gasteiger partial charge is 0.238 e. The van der Waals surface area contributed by atoms with Crippen LogP contribution < -0.4 is 9.64 Å². The van der Waals surface area contributed by atoms with Crippen LogP contribution in [0.15, 0.2) is 48.5 Å². The number of ether oxygens (including phenoxy) is 1. The number of terminal acetylenes is 1. The molecule has 0 bridgehead atoms. The summed E-state index contributed by atoms with van der Waals surface area (Å²) in [5.41, 5.74) is 1.76. The van der Waals surface area contributed by atoms with Gasteiger partial charge in [0, 0.05) is 16.3 Å². The predicted molar refractivity (Wildman–Crippen MR) is 94.9 cm³/mol. The van der Waals surface area contributed by atoms with Crippen LogP contribution >= 0.6 is 23.4 Å². The second-order valence-electron chi connectivity index (χ2n) is 4.93. The number of anilines is 1. The summed E-state index contributed by atoms with van der Waals surface area (Å²) in [5.74, 6) is 3.66. The van der Waals surface area contributed by atoms with Crippen LogP contribution in [0.25, 0.3) is 0 Å². The summed E-state index contributed by atoms with van der Waals surface area (Å²) in [5, 5.41) is 0.500. The molecule has 2 aromatic carbocycles. The van der Waals surface area contributed by atoms with Crippen molar-refractivity contribution in [3.8, 4) is 18.1 Å². The third kappa shape index (κ3) is 3.31. The van der Waals surface area contributed by atoms with Crippen LogP contribution in [0.1, 0.15) is 10.9 Å². The van der Waals surface area contributed by atoms with Crippen molar-refractivity contribution in [1.29, 1.82) is 0 Å². The molecular formula is C18H14ClNO2S. The topological polar surface area (TPSA) is 29.5 Å². The fourth-order valence-corrected chi connectivity index (χ4v) is 3.80. The van der Waals surface area contributed by atoms with Crippen molar-refractivity contribution in [2.24, 2.45) is 0 Å². The van der Waals surface area contributed by atoms with E-state index < -0.39 is 0 Å². The van der Waals surface area contributed by atoms with Crippen LogP contribution in [0.4, 0.5) is 5.69 Å². The van der Waals surface area contributed by atoms with Gasteiger partial charge >= 0.3 is 0 Å². The largest absolute Gasteiger partial charge is 0.481 e. The average molecular weight is 344 g/mol. The van der Waals surface area contributed by atoms with Crippen molar-refractivity contribution in [3.05, 3.63) is 59.1 Å². The predicted octanol–water partition coefficient (Wildman–Crippen LogP) is 4.13. The lowest BCUT2D eigenvalue weighted by atomic mass is 10.1. The molecule has 2 aromatic rings. The van der Waals surface area contributed by atoms with Gasteiger partial charge in [0.1, 0.15) is 17.7 Å². The van der Waals surface area contributed by atoms with E-state index in [2.05, 4.69) is 5.92 Å². The SMILES string of the molecule is C#CCOc1ccccc1[C@@H]1SCC(=O)N1c1ccc(Cl)cc1. The summed E-state index contributed by atoms with van der Waals surface area (Å²) in [6.45, 7) is 0.198. The van der Waals surface area contributed by atoms with E-state index >= 15 is 0 Å². The Morgan fingerprint density at radius 1 is 1.26 bits per heavy atom. The molecule has 0 spiro atoms. The van der Waals surface area contributed by atoms with Gasteiger partial charge in [-0.2, -0.15) is 0 Å². The monoisotopic (exact) mass is 343 g/mol. The van der Waals surface area contributed by atoms with Gasteiger partial charge < -0.3 is 4.74 Å². The van der Waals surface area contributed by atoms with Crippen LogP contribution in [-0.4, -0.2) is 18.3 Å². The number of para-hydroxylation sites is 1. The molecule has 1 aliphatic heterocycles. The van der Waals surface area contributed by atoms with Crippen molar-refractivity contribution in [2.45, 2.75) is 5.37 Å². The summed E-state index contributed by atoms with van der Waals surface area (Å²) in [4.78, 5) is 14.1. The van der Waals surface area contributed by atoms with Gasteiger partial charge in [0.15, 0.2) is 0 Å². The van der Waals surface area contributed by atoms with Crippen molar-refractivity contribution >= 4 is 35.0 Å². The molecule has 0 aliphatic carbocycles. The van der Waals surface area contributed by atoms with Crippen molar-refractivity contribution in [3.63, 3.8) is 0 Å². The first kappa shape index (κ1) is 15.8. The molecule has 5 heteroatoms. The number of amides is 1. The van der Waals surface area contributed by atoms with Gasteiger partial charge in [0.05, 0.1) is 5.75 Å². The molecule has 23 heavy (non-hydrogen) atoms. The van der Waals surface area contributed by atoms with Crippen LogP contribution in [0.2, 0.25) is 5.02 Å². The zero-order chi connectivity index (χ0) is 16.2.